The van der Waals surface area contributed by atoms with Crippen LogP contribution in [0.25, 0.3) is 0 Å². The Morgan fingerprint density at radius 3 is 0.989 bits per heavy atom. The second kappa shape index (κ2) is 70.5. The molecule has 0 aromatic carbocycles. The number of likely N-dealkylation sites (N-methyl/N-ethyl adjacent to an activating group) is 1. The minimum Gasteiger partial charge on any atom is -0.387 e. The van der Waals surface area contributed by atoms with Crippen molar-refractivity contribution in [3.05, 3.63) is 60.8 Å². The number of amides is 1. The van der Waals surface area contributed by atoms with Crippen LogP contribution in [0.15, 0.2) is 60.8 Å². The molecule has 3 unspecified atom stereocenters. The fourth-order valence-electron chi connectivity index (χ4n) is 12.0. The van der Waals surface area contributed by atoms with Crippen molar-refractivity contribution in [2.24, 2.45) is 0 Å². The summed E-state index contributed by atoms with van der Waals surface area (Å²) in [6, 6.07) is -0.848. The number of carbonyl (C=O) groups is 1. The van der Waals surface area contributed by atoms with Gasteiger partial charge in [0.2, 0.25) is 5.91 Å². The Hall–Kier alpha value is -1.80. The highest BCUT2D eigenvalue weighted by atomic mass is 31.2. The molecular weight excluding hydrogens is 1120 g/mol. The summed E-state index contributed by atoms with van der Waals surface area (Å²) in [5.74, 6) is -0.169. The summed E-state index contributed by atoms with van der Waals surface area (Å²) in [4.78, 5) is 23.5. The second-order valence-corrected chi connectivity index (χ2v) is 29.5. The molecule has 9 heteroatoms. The summed E-state index contributed by atoms with van der Waals surface area (Å²) < 4.78 is 23.9. The van der Waals surface area contributed by atoms with Gasteiger partial charge >= 0.3 is 7.82 Å². The number of aliphatic hydroxyl groups is 1. The van der Waals surface area contributed by atoms with Gasteiger partial charge in [-0.2, -0.15) is 0 Å². The molecule has 0 bridgehead atoms. The topological polar surface area (TPSA) is 105 Å². The van der Waals surface area contributed by atoms with Crippen molar-refractivity contribution >= 4 is 13.7 Å². The zero-order chi connectivity index (χ0) is 64.8. The number of allylic oxidation sites excluding steroid dienone is 9. The van der Waals surface area contributed by atoms with Gasteiger partial charge in [0.25, 0.3) is 0 Å². The normalized spacial score (nSPS) is 13.8. The van der Waals surface area contributed by atoms with E-state index in [-0.39, 0.29) is 19.1 Å². The lowest BCUT2D eigenvalue weighted by Gasteiger charge is -2.25. The van der Waals surface area contributed by atoms with Crippen LogP contribution in [-0.2, 0) is 18.4 Å². The first-order valence-electron chi connectivity index (χ1n) is 39.2. The van der Waals surface area contributed by atoms with Gasteiger partial charge < -0.3 is 19.8 Å². The summed E-state index contributed by atoms with van der Waals surface area (Å²) in [6.45, 7) is 4.76. The van der Waals surface area contributed by atoms with E-state index in [0.29, 0.717) is 17.4 Å². The molecule has 0 saturated carbocycles. The van der Waals surface area contributed by atoms with Crippen molar-refractivity contribution in [2.45, 2.75) is 405 Å². The van der Waals surface area contributed by atoms with Crippen LogP contribution in [0.1, 0.15) is 393 Å². The second-order valence-electron chi connectivity index (χ2n) is 28.1. The Balaban J connectivity index is 3.95. The van der Waals surface area contributed by atoms with Crippen LogP contribution < -0.4 is 5.32 Å². The molecule has 0 aliphatic carbocycles. The van der Waals surface area contributed by atoms with E-state index in [1.54, 1.807) is 6.08 Å². The number of hydrogen-bond donors (Lipinski definition) is 3. The van der Waals surface area contributed by atoms with E-state index in [0.717, 1.165) is 57.8 Å². The largest absolute Gasteiger partial charge is 0.472 e. The van der Waals surface area contributed by atoms with E-state index in [9.17, 15) is 19.4 Å². The van der Waals surface area contributed by atoms with Crippen LogP contribution in [-0.4, -0.2) is 73.4 Å². The van der Waals surface area contributed by atoms with Gasteiger partial charge in [-0.25, -0.2) is 4.57 Å². The first-order chi connectivity index (χ1) is 43.5. The Kier molecular flexibility index (Phi) is 69.1. The van der Waals surface area contributed by atoms with Crippen molar-refractivity contribution in [2.75, 3.05) is 40.9 Å². The summed E-state index contributed by atoms with van der Waals surface area (Å²) in [5.41, 5.74) is 0. The lowest BCUT2D eigenvalue weighted by atomic mass is 10.0. The van der Waals surface area contributed by atoms with Gasteiger partial charge in [0.15, 0.2) is 0 Å². The van der Waals surface area contributed by atoms with Crippen LogP contribution in [0.2, 0.25) is 0 Å². The third-order valence-electron chi connectivity index (χ3n) is 18.0. The Morgan fingerprint density at radius 1 is 0.393 bits per heavy atom. The Bertz CT molecular complexity index is 1640. The maximum Gasteiger partial charge on any atom is 0.472 e. The van der Waals surface area contributed by atoms with Gasteiger partial charge in [-0.05, 0) is 57.8 Å². The fourth-order valence-corrected chi connectivity index (χ4v) is 12.7. The number of hydrogen-bond acceptors (Lipinski definition) is 5. The van der Waals surface area contributed by atoms with Gasteiger partial charge in [0.05, 0.1) is 39.9 Å². The van der Waals surface area contributed by atoms with Crippen molar-refractivity contribution in [3.63, 3.8) is 0 Å². The molecule has 0 aromatic rings. The van der Waals surface area contributed by atoms with Crippen LogP contribution >= 0.6 is 7.82 Å². The van der Waals surface area contributed by atoms with Crippen molar-refractivity contribution in [1.82, 2.24) is 5.32 Å². The molecule has 0 radical (unpaired) electrons. The van der Waals surface area contributed by atoms with Crippen LogP contribution in [0.5, 0.6) is 0 Å². The van der Waals surface area contributed by atoms with E-state index >= 15 is 0 Å². The minimum atomic E-state index is -4.36. The average Bonchev–Trinajstić information content (AvgIpc) is 3.57. The van der Waals surface area contributed by atoms with E-state index < -0.39 is 20.0 Å². The molecule has 524 valence electrons. The SMILES string of the molecule is CC/C=C\C/C=C\C/C=C\C/C=C\CCCCCCCCCCCCCCCCCCCCCCCCCCC(=O)NC(COP(=O)(O)OCC[N+](C)(C)C)C(O)/C=C/CCCCCCCCCCCCCCCCCCCCCCCCCCCCCC. The summed E-state index contributed by atoms with van der Waals surface area (Å²) in [6.07, 6.45) is 98.4. The maximum atomic E-state index is 13.1. The van der Waals surface area contributed by atoms with E-state index in [4.69, 9.17) is 9.05 Å². The molecule has 0 fully saturated rings. The molecule has 0 spiro atoms. The van der Waals surface area contributed by atoms with Crippen molar-refractivity contribution < 1.29 is 32.9 Å². The minimum absolute atomic E-state index is 0.0631. The lowest BCUT2D eigenvalue weighted by Crippen LogP contribution is -2.45. The number of quaternary nitrogens is 1. The number of rotatable bonds is 73. The van der Waals surface area contributed by atoms with E-state index in [2.05, 4.69) is 67.8 Å². The molecule has 1 amide bonds. The van der Waals surface area contributed by atoms with Gasteiger partial charge in [-0.3, -0.25) is 13.8 Å². The first kappa shape index (κ1) is 87.2. The number of unbranched alkanes of at least 4 members (excludes halogenated alkanes) is 52. The number of nitrogens with zero attached hydrogens (tertiary/aromatic N) is 1. The quantitative estimate of drug-likeness (QED) is 0.0243. The Morgan fingerprint density at radius 2 is 0.674 bits per heavy atom. The smallest absolute Gasteiger partial charge is 0.387 e. The fraction of sp³-hybridized carbons (Fsp3) is 0.863. The molecule has 3 atom stereocenters. The molecule has 0 aromatic heterocycles. The molecule has 0 rings (SSSR count). The average molecular weight is 1270 g/mol. The van der Waals surface area contributed by atoms with Crippen LogP contribution in [0.3, 0.4) is 0 Å². The predicted molar refractivity (Wildman–Crippen MR) is 392 cm³/mol. The highest BCUT2D eigenvalue weighted by Crippen LogP contribution is 2.43. The van der Waals surface area contributed by atoms with Gasteiger partial charge in [0.1, 0.15) is 13.2 Å². The first-order valence-corrected chi connectivity index (χ1v) is 40.7. The molecule has 3 N–H and O–H groups in total. The Labute approximate surface area is 555 Å². The zero-order valence-corrected chi connectivity index (χ0v) is 61.1. The third kappa shape index (κ3) is 73.5. The van der Waals surface area contributed by atoms with E-state index in [1.165, 1.54) is 315 Å². The number of carbonyl (C=O) groups excluding carboxylic acids is 1. The van der Waals surface area contributed by atoms with Gasteiger partial charge in [0, 0.05) is 6.42 Å². The molecule has 8 nitrogen and oxygen atoms in total. The maximum absolute atomic E-state index is 13.1. The number of phosphoric ester groups is 1. The molecule has 89 heavy (non-hydrogen) atoms. The van der Waals surface area contributed by atoms with Crippen molar-refractivity contribution in [3.8, 4) is 0 Å². The third-order valence-corrected chi connectivity index (χ3v) is 19.0. The molecule has 0 aliphatic heterocycles. The van der Waals surface area contributed by atoms with Crippen molar-refractivity contribution in [1.29, 1.82) is 0 Å². The number of nitrogens with one attached hydrogen (secondary N) is 1. The lowest BCUT2D eigenvalue weighted by molar-refractivity contribution is -0.870. The number of phosphoric acid groups is 1. The summed E-state index contributed by atoms with van der Waals surface area (Å²) in [7, 11) is 1.59. The monoisotopic (exact) mass is 1270 g/mol. The number of aliphatic hydroxyl groups excluding tert-OH is 1. The van der Waals surface area contributed by atoms with Crippen LogP contribution in [0.4, 0.5) is 0 Å². The van der Waals surface area contributed by atoms with Crippen LogP contribution in [0, 0.1) is 0 Å². The van der Waals surface area contributed by atoms with Gasteiger partial charge in [-0.15, -0.1) is 0 Å². The summed E-state index contributed by atoms with van der Waals surface area (Å²) >= 11 is 0. The highest BCUT2D eigenvalue weighted by Gasteiger charge is 2.28. The van der Waals surface area contributed by atoms with E-state index in [1.807, 2.05) is 27.2 Å². The van der Waals surface area contributed by atoms with Gasteiger partial charge in [-0.1, -0.05) is 389 Å². The molecule has 0 aliphatic rings. The standard InChI is InChI=1S/C80H153N2O6P/c1-6-8-10-12-14-16-18-20-22-24-26-28-30-32-34-36-38-39-40-41-42-43-44-46-48-50-52-54-56-58-60-62-64-66-68-70-72-74-80(84)81-78(77-88-89(85,86)87-76-75-82(3,4)5)79(83)73-71-69-67-65-63-61-59-57-55-53-51-49-47-45-37-35-33-31-29-27-25-23-21-19-17-15-13-11-9-7-2/h8,10,14,16,20,22,26,28,71,73,78-79,83H,6-7,9,11-13,15,17-19,21,23-25,27,29-70,72,74-77H2,1-5H3,(H-,81,84,85,86)/p+1/b10-8-,16-14-,22-20-,28-26-,73-71+. The highest BCUT2D eigenvalue weighted by molar-refractivity contribution is 7.47. The zero-order valence-electron chi connectivity index (χ0n) is 60.2. The molecular formula is C80H154N2O6P+. The molecule has 0 saturated heterocycles. The molecule has 0 heterocycles. The predicted octanol–water partition coefficient (Wildman–Crippen LogP) is 25.5. The summed E-state index contributed by atoms with van der Waals surface area (Å²) in [5, 5.41) is 14.1.